The van der Waals surface area contributed by atoms with Gasteiger partial charge in [-0.1, -0.05) is 57.6 Å². The van der Waals surface area contributed by atoms with Crippen molar-refractivity contribution in [2.24, 2.45) is 29.6 Å². The third-order valence-corrected chi connectivity index (χ3v) is 9.92. The van der Waals surface area contributed by atoms with Gasteiger partial charge in [0.25, 0.3) is 0 Å². The van der Waals surface area contributed by atoms with Gasteiger partial charge in [0, 0.05) is 24.6 Å². The number of aromatic nitrogens is 1. The Balaban J connectivity index is 1.45. The molecule has 8 atom stereocenters. The highest BCUT2D eigenvalue weighted by Crippen LogP contribution is 2.43. The number of carbonyl (C=O) groups is 1. The van der Waals surface area contributed by atoms with E-state index in [9.17, 15) is 25.2 Å². The molecule has 1 heterocycles. The molecule has 7 N–H and O–H groups in total. The van der Waals surface area contributed by atoms with E-state index in [1.165, 1.54) is 19.3 Å². The Bertz CT molecular complexity index is 974. The van der Waals surface area contributed by atoms with Gasteiger partial charge < -0.3 is 31.5 Å². The maximum atomic E-state index is 12.1. The Labute approximate surface area is 253 Å². The van der Waals surface area contributed by atoms with Gasteiger partial charge in [0.2, 0.25) is 0 Å². The van der Waals surface area contributed by atoms with E-state index >= 15 is 0 Å². The van der Waals surface area contributed by atoms with Gasteiger partial charge >= 0.3 is 5.97 Å². The summed E-state index contributed by atoms with van der Waals surface area (Å²) in [5.41, 5.74) is 6.00. The summed E-state index contributed by atoms with van der Waals surface area (Å²) >= 11 is 0. The van der Waals surface area contributed by atoms with Crippen LogP contribution >= 0.6 is 0 Å². The van der Waals surface area contributed by atoms with Crippen LogP contribution in [0.5, 0.6) is 0 Å². The van der Waals surface area contributed by atoms with Crippen molar-refractivity contribution in [3.8, 4) is 0 Å². The number of allylic oxidation sites excluding steroid dienone is 1. The number of aliphatic hydroxyl groups excluding tert-OH is 2. The minimum absolute atomic E-state index is 0.183. The topological polar surface area (TPSA) is 149 Å². The van der Waals surface area contributed by atoms with Gasteiger partial charge in [-0.3, -0.25) is 4.79 Å². The SMILES string of the molecule is CCCCC[C@@H]1C=C[C@@H](CCCCC[C@H](C(=O)O)[C@H](O)C[C@@H](CNC)[C@]2(O)CC[C@H](Cc3ccnc(N)c3)C2)[C@H](O)C1. The number of nitrogens with zero attached hydrogens (tertiary/aromatic N) is 1. The van der Waals surface area contributed by atoms with Gasteiger partial charge in [0.15, 0.2) is 0 Å². The highest BCUT2D eigenvalue weighted by molar-refractivity contribution is 5.70. The van der Waals surface area contributed by atoms with Crippen LogP contribution in [0.3, 0.4) is 0 Å². The Morgan fingerprint density at radius 1 is 1.19 bits per heavy atom. The van der Waals surface area contributed by atoms with Gasteiger partial charge in [0.05, 0.1) is 23.7 Å². The molecular formula is C34H57N3O5. The lowest BCUT2D eigenvalue weighted by molar-refractivity contribution is -0.147. The quantitative estimate of drug-likeness (QED) is 0.0966. The number of aliphatic hydroxyl groups is 3. The predicted octanol–water partition coefficient (Wildman–Crippen LogP) is 5.11. The smallest absolute Gasteiger partial charge is 0.309 e. The van der Waals surface area contributed by atoms with Gasteiger partial charge in [-0.25, -0.2) is 4.98 Å². The molecule has 0 saturated heterocycles. The fraction of sp³-hybridized carbons (Fsp3) is 0.765. The second-order valence-electron chi connectivity index (χ2n) is 13.3. The Morgan fingerprint density at radius 3 is 2.67 bits per heavy atom. The third-order valence-electron chi connectivity index (χ3n) is 9.92. The van der Waals surface area contributed by atoms with Crippen LogP contribution in [0.25, 0.3) is 0 Å². The van der Waals surface area contributed by atoms with Gasteiger partial charge in [-0.15, -0.1) is 0 Å². The zero-order valence-electron chi connectivity index (χ0n) is 26.0. The summed E-state index contributed by atoms with van der Waals surface area (Å²) < 4.78 is 0. The second-order valence-corrected chi connectivity index (χ2v) is 13.3. The van der Waals surface area contributed by atoms with Crippen LogP contribution < -0.4 is 11.1 Å². The molecule has 8 heteroatoms. The Morgan fingerprint density at radius 2 is 1.98 bits per heavy atom. The van der Waals surface area contributed by atoms with Crippen molar-refractivity contribution in [2.75, 3.05) is 19.3 Å². The first-order valence-electron chi connectivity index (χ1n) is 16.5. The molecular weight excluding hydrogens is 530 g/mol. The van der Waals surface area contributed by atoms with Crippen LogP contribution in [-0.4, -0.2) is 62.8 Å². The summed E-state index contributed by atoms with van der Waals surface area (Å²) in [6.45, 7) is 2.73. The summed E-state index contributed by atoms with van der Waals surface area (Å²) in [6, 6.07) is 3.83. The van der Waals surface area contributed by atoms with Crippen LogP contribution in [0.4, 0.5) is 5.82 Å². The number of nitrogens with one attached hydrogen (secondary N) is 1. The van der Waals surface area contributed by atoms with Crippen LogP contribution in [0.2, 0.25) is 0 Å². The van der Waals surface area contributed by atoms with Crippen molar-refractivity contribution in [3.05, 3.63) is 36.0 Å². The molecule has 0 aliphatic heterocycles. The minimum atomic E-state index is -1.02. The molecule has 2 aliphatic rings. The molecule has 2 aliphatic carbocycles. The van der Waals surface area contributed by atoms with E-state index < -0.39 is 23.6 Å². The summed E-state index contributed by atoms with van der Waals surface area (Å²) in [4.78, 5) is 16.2. The molecule has 3 rings (SSSR count). The van der Waals surface area contributed by atoms with Crippen molar-refractivity contribution >= 4 is 11.8 Å². The fourth-order valence-corrected chi connectivity index (χ4v) is 7.41. The highest BCUT2D eigenvalue weighted by atomic mass is 16.4. The van der Waals surface area contributed by atoms with E-state index in [-0.39, 0.29) is 24.4 Å². The highest BCUT2D eigenvalue weighted by Gasteiger charge is 2.44. The molecule has 1 fully saturated rings. The number of aliphatic carboxylic acids is 1. The van der Waals surface area contributed by atoms with Crippen molar-refractivity contribution < 1.29 is 25.2 Å². The van der Waals surface area contributed by atoms with Crippen LogP contribution in [0.15, 0.2) is 30.5 Å². The molecule has 0 aromatic carbocycles. The molecule has 8 nitrogen and oxygen atoms in total. The molecule has 0 unspecified atom stereocenters. The molecule has 1 aromatic heterocycles. The number of pyridine rings is 1. The first-order valence-corrected chi connectivity index (χ1v) is 16.5. The normalized spacial score (nSPS) is 28.0. The predicted molar refractivity (Wildman–Crippen MR) is 168 cm³/mol. The van der Waals surface area contributed by atoms with Gasteiger partial charge in [-0.2, -0.15) is 0 Å². The molecule has 0 amide bonds. The molecule has 0 spiro atoms. The van der Waals surface area contributed by atoms with Crippen LogP contribution in [-0.2, 0) is 11.2 Å². The number of hydrogen-bond donors (Lipinski definition) is 6. The van der Waals surface area contributed by atoms with Crippen molar-refractivity contribution in [1.82, 2.24) is 10.3 Å². The number of carboxylic acids is 1. The Kier molecular flexibility index (Phi) is 14.2. The third kappa shape index (κ3) is 10.6. The number of hydrogen-bond acceptors (Lipinski definition) is 7. The van der Waals surface area contributed by atoms with E-state index in [2.05, 4.69) is 29.4 Å². The average molecular weight is 588 g/mol. The van der Waals surface area contributed by atoms with Crippen molar-refractivity contribution in [3.63, 3.8) is 0 Å². The molecule has 0 bridgehead atoms. The van der Waals surface area contributed by atoms with E-state index in [1.54, 1.807) is 6.20 Å². The minimum Gasteiger partial charge on any atom is -0.481 e. The van der Waals surface area contributed by atoms with Crippen LogP contribution in [0.1, 0.15) is 102 Å². The molecule has 42 heavy (non-hydrogen) atoms. The standard InChI is InChI=1S/C34H57N3O5/c1-3-4-6-9-24-12-13-27(30(38)19-24)10-7-5-8-11-29(33(40)41)31(39)21-28(23-36-2)34(42)16-14-26(22-34)18-25-15-17-37-32(35)20-25/h12-13,15,17,20,24,26-31,36,38-39,42H,3-11,14,16,18-19,21-23H2,1-2H3,(H2,35,37)(H,40,41)/t24-,26-,27-,28+,29+,30-,31-,34+/m1/s1. The van der Waals surface area contributed by atoms with Crippen LogP contribution in [0, 0.1) is 29.6 Å². The largest absolute Gasteiger partial charge is 0.481 e. The first kappa shape index (κ1) is 34.5. The van der Waals surface area contributed by atoms with E-state index in [0.717, 1.165) is 56.9 Å². The summed E-state index contributed by atoms with van der Waals surface area (Å²) in [5.74, 6) is -0.605. The average Bonchev–Trinajstić information content (AvgIpc) is 3.32. The number of carboxylic acid groups (broad SMARTS) is 1. The number of nitrogen functional groups attached to an aromatic ring is 1. The summed E-state index contributed by atoms with van der Waals surface area (Å²) in [5, 5.41) is 46.5. The van der Waals surface area contributed by atoms with E-state index in [4.69, 9.17) is 5.73 Å². The molecule has 0 radical (unpaired) electrons. The lowest BCUT2D eigenvalue weighted by atomic mass is 9.78. The lowest BCUT2D eigenvalue weighted by Crippen LogP contribution is -2.44. The maximum absolute atomic E-state index is 12.1. The molecule has 238 valence electrons. The Hall–Kier alpha value is -2.00. The zero-order chi connectivity index (χ0) is 30.5. The number of anilines is 1. The molecule has 1 aromatic rings. The lowest BCUT2D eigenvalue weighted by Gasteiger charge is -2.35. The van der Waals surface area contributed by atoms with Gasteiger partial charge in [-0.05, 0) is 94.4 Å². The monoisotopic (exact) mass is 587 g/mol. The van der Waals surface area contributed by atoms with Crippen molar-refractivity contribution in [1.29, 1.82) is 0 Å². The maximum Gasteiger partial charge on any atom is 0.309 e. The first-order chi connectivity index (χ1) is 20.1. The summed E-state index contributed by atoms with van der Waals surface area (Å²) in [6.07, 6.45) is 17.6. The van der Waals surface area contributed by atoms with E-state index in [0.29, 0.717) is 43.5 Å². The number of rotatable bonds is 19. The van der Waals surface area contributed by atoms with Crippen molar-refractivity contribution in [2.45, 2.75) is 121 Å². The second kappa shape index (κ2) is 17.3. The molecule has 1 saturated carbocycles. The van der Waals surface area contributed by atoms with Gasteiger partial charge in [0.1, 0.15) is 5.82 Å². The number of unbranched alkanes of at least 4 members (excludes halogenated alkanes) is 4. The summed E-state index contributed by atoms with van der Waals surface area (Å²) in [7, 11) is 1.83. The number of nitrogens with two attached hydrogens (primary N) is 1. The van der Waals surface area contributed by atoms with E-state index in [1.807, 2.05) is 19.2 Å². The zero-order valence-corrected chi connectivity index (χ0v) is 26.0. The fourth-order valence-electron chi connectivity index (χ4n) is 7.41.